The van der Waals surface area contributed by atoms with Crippen molar-refractivity contribution in [3.63, 3.8) is 0 Å². The zero-order valence-electron chi connectivity index (χ0n) is 11.9. The first kappa shape index (κ1) is 17.4. The Morgan fingerprint density at radius 2 is 1.50 bits per heavy atom. The second-order valence-corrected chi connectivity index (χ2v) is 6.88. The van der Waals surface area contributed by atoms with Crippen molar-refractivity contribution in [3.05, 3.63) is 0 Å². The van der Waals surface area contributed by atoms with E-state index in [9.17, 15) is 8.42 Å². The lowest BCUT2D eigenvalue weighted by atomic mass is 10.2. The fourth-order valence-corrected chi connectivity index (χ4v) is 3.08. The Labute approximate surface area is 112 Å². The second kappa shape index (κ2) is 9.35. The molecule has 0 saturated heterocycles. The molecule has 18 heavy (non-hydrogen) atoms. The highest BCUT2D eigenvalue weighted by Gasteiger charge is 2.27. The van der Waals surface area contributed by atoms with Gasteiger partial charge in [-0.2, -0.15) is 5.26 Å². The van der Waals surface area contributed by atoms with Gasteiger partial charge < -0.3 is 0 Å². The van der Waals surface area contributed by atoms with Crippen LogP contribution in [0.3, 0.4) is 0 Å². The smallest absolute Gasteiger partial charge is 0.211 e. The lowest BCUT2D eigenvalue weighted by Gasteiger charge is -2.23. The number of sulfonamides is 1. The number of hydrogen-bond acceptors (Lipinski definition) is 3. The van der Waals surface area contributed by atoms with Crippen LogP contribution in [-0.2, 0) is 10.0 Å². The molecule has 0 spiro atoms. The summed E-state index contributed by atoms with van der Waals surface area (Å²) in [5.41, 5.74) is 0. The summed E-state index contributed by atoms with van der Waals surface area (Å²) in [6.45, 7) is 6.74. The molecule has 0 N–H and O–H groups in total. The van der Waals surface area contributed by atoms with E-state index in [2.05, 4.69) is 13.8 Å². The lowest BCUT2D eigenvalue weighted by molar-refractivity contribution is 0.386. The predicted octanol–water partition coefficient (Wildman–Crippen LogP) is 2.91. The third kappa shape index (κ3) is 5.83. The quantitative estimate of drug-likeness (QED) is 0.575. The molecule has 0 rings (SSSR count). The van der Waals surface area contributed by atoms with E-state index < -0.39 is 15.3 Å². The summed E-state index contributed by atoms with van der Waals surface area (Å²) in [5, 5.41) is 7.86. The van der Waals surface area contributed by atoms with Crippen LogP contribution in [0.15, 0.2) is 0 Å². The van der Waals surface area contributed by atoms with Gasteiger partial charge in [0.25, 0.3) is 0 Å². The second-order valence-electron chi connectivity index (χ2n) is 4.63. The highest BCUT2D eigenvalue weighted by Crippen LogP contribution is 2.12. The third-order valence-corrected chi connectivity index (χ3v) is 5.09. The van der Waals surface area contributed by atoms with E-state index in [1.54, 1.807) is 0 Å². The van der Waals surface area contributed by atoms with Gasteiger partial charge >= 0.3 is 0 Å². The summed E-state index contributed by atoms with van der Waals surface area (Å²) < 4.78 is 25.8. The van der Waals surface area contributed by atoms with E-state index >= 15 is 0 Å². The van der Waals surface area contributed by atoms with Gasteiger partial charge in [0.2, 0.25) is 10.0 Å². The van der Waals surface area contributed by atoms with Crippen LogP contribution < -0.4 is 0 Å². The molecule has 4 nitrogen and oxygen atoms in total. The molecular formula is C13H26N2O2S. The Morgan fingerprint density at radius 3 is 1.83 bits per heavy atom. The van der Waals surface area contributed by atoms with Crippen LogP contribution in [0.1, 0.15) is 59.3 Å². The number of hydrogen-bond donors (Lipinski definition) is 0. The van der Waals surface area contributed by atoms with E-state index in [1.807, 2.05) is 6.07 Å². The van der Waals surface area contributed by atoms with Gasteiger partial charge in [-0.3, -0.25) is 0 Å². The highest BCUT2D eigenvalue weighted by molar-refractivity contribution is 7.89. The average Bonchev–Trinajstić information content (AvgIpc) is 2.36. The minimum Gasteiger partial charge on any atom is -0.211 e. The molecule has 106 valence electrons. The first-order valence-corrected chi connectivity index (χ1v) is 8.39. The molecule has 0 aliphatic heterocycles. The maximum Gasteiger partial charge on any atom is 0.230 e. The first-order valence-electron chi connectivity index (χ1n) is 6.89. The van der Waals surface area contributed by atoms with Crippen LogP contribution in [0.25, 0.3) is 0 Å². The normalized spacial score (nSPS) is 13.5. The predicted molar refractivity (Wildman–Crippen MR) is 74.6 cm³/mol. The summed E-state index contributed by atoms with van der Waals surface area (Å²) in [5.74, 6) is 0. The first-order chi connectivity index (χ1) is 8.50. The standard InChI is InChI=1S/C13H26N2O2S/c1-4-6-8-10-15(11-9-7-5-2)18(16,17)13(3)12-14/h13H,4-11H2,1-3H3. The van der Waals surface area contributed by atoms with Crippen LogP contribution in [0.2, 0.25) is 0 Å². The van der Waals surface area contributed by atoms with Gasteiger partial charge in [-0.25, -0.2) is 12.7 Å². The summed E-state index contributed by atoms with van der Waals surface area (Å²) in [4.78, 5) is 0. The molecule has 0 bridgehead atoms. The Morgan fingerprint density at radius 1 is 1.06 bits per heavy atom. The number of nitriles is 1. The summed E-state index contributed by atoms with van der Waals surface area (Å²) in [6.07, 6.45) is 5.94. The van der Waals surface area contributed by atoms with Crippen LogP contribution >= 0.6 is 0 Å². The van der Waals surface area contributed by atoms with Gasteiger partial charge in [-0.05, 0) is 19.8 Å². The average molecular weight is 274 g/mol. The van der Waals surface area contributed by atoms with Gasteiger partial charge in [0.05, 0.1) is 6.07 Å². The maximum absolute atomic E-state index is 12.2. The summed E-state index contributed by atoms with van der Waals surface area (Å²) in [6, 6.07) is 1.84. The topological polar surface area (TPSA) is 61.2 Å². The molecule has 0 aromatic carbocycles. The molecule has 1 unspecified atom stereocenters. The minimum absolute atomic E-state index is 0.548. The van der Waals surface area contributed by atoms with Crippen molar-refractivity contribution in [1.29, 1.82) is 5.26 Å². The molecule has 0 amide bonds. The summed E-state index contributed by atoms with van der Waals surface area (Å²) >= 11 is 0. The van der Waals surface area contributed by atoms with E-state index in [-0.39, 0.29) is 0 Å². The molecular weight excluding hydrogens is 248 g/mol. The van der Waals surface area contributed by atoms with Crippen molar-refractivity contribution in [2.24, 2.45) is 0 Å². The van der Waals surface area contributed by atoms with E-state index in [4.69, 9.17) is 5.26 Å². The number of unbranched alkanes of at least 4 members (excludes halogenated alkanes) is 4. The minimum atomic E-state index is -3.44. The monoisotopic (exact) mass is 274 g/mol. The Kier molecular flexibility index (Phi) is 9.03. The van der Waals surface area contributed by atoms with E-state index in [1.165, 1.54) is 11.2 Å². The summed E-state index contributed by atoms with van der Waals surface area (Å²) in [7, 11) is -3.44. The molecule has 0 aliphatic carbocycles. The third-order valence-electron chi connectivity index (χ3n) is 3.01. The molecule has 0 radical (unpaired) electrons. The van der Waals surface area contributed by atoms with Gasteiger partial charge in [0.15, 0.2) is 5.25 Å². The van der Waals surface area contributed by atoms with Crippen molar-refractivity contribution in [3.8, 4) is 6.07 Å². The van der Waals surface area contributed by atoms with Gasteiger partial charge in [-0.15, -0.1) is 0 Å². The zero-order valence-corrected chi connectivity index (χ0v) is 12.7. The van der Waals surface area contributed by atoms with Crippen LogP contribution in [-0.4, -0.2) is 31.1 Å². The zero-order chi connectivity index (χ0) is 14.0. The maximum atomic E-state index is 12.2. The Balaban J connectivity index is 4.58. The number of rotatable bonds is 10. The molecule has 1 atom stereocenters. The molecule has 0 aromatic heterocycles. The Hall–Kier alpha value is -0.600. The van der Waals surface area contributed by atoms with Gasteiger partial charge in [0.1, 0.15) is 0 Å². The van der Waals surface area contributed by atoms with Crippen LogP contribution in [0.5, 0.6) is 0 Å². The van der Waals surface area contributed by atoms with Crippen molar-refractivity contribution in [1.82, 2.24) is 4.31 Å². The SMILES string of the molecule is CCCCCN(CCCCC)S(=O)(=O)C(C)C#N. The lowest BCUT2D eigenvalue weighted by Crippen LogP contribution is -2.38. The van der Waals surface area contributed by atoms with Gasteiger partial charge in [-0.1, -0.05) is 39.5 Å². The van der Waals surface area contributed by atoms with Gasteiger partial charge in [0, 0.05) is 13.1 Å². The number of nitrogens with zero attached hydrogens (tertiary/aromatic N) is 2. The van der Waals surface area contributed by atoms with Crippen LogP contribution in [0.4, 0.5) is 0 Å². The molecule has 0 saturated carbocycles. The van der Waals surface area contributed by atoms with E-state index in [0.717, 1.165) is 38.5 Å². The molecule has 0 fully saturated rings. The van der Waals surface area contributed by atoms with Crippen molar-refractivity contribution in [2.75, 3.05) is 13.1 Å². The fraction of sp³-hybridized carbons (Fsp3) is 0.923. The Bertz CT molecular complexity index is 336. The largest absolute Gasteiger partial charge is 0.230 e. The van der Waals surface area contributed by atoms with Crippen molar-refractivity contribution < 1.29 is 8.42 Å². The van der Waals surface area contributed by atoms with Crippen LogP contribution in [0, 0.1) is 11.3 Å². The molecule has 0 aromatic rings. The fourth-order valence-electron chi connectivity index (χ4n) is 1.73. The van der Waals surface area contributed by atoms with Crippen molar-refractivity contribution >= 4 is 10.0 Å². The highest BCUT2D eigenvalue weighted by atomic mass is 32.2. The molecule has 5 heteroatoms. The van der Waals surface area contributed by atoms with Crippen molar-refractivity contribution in [2.45, 2.75) is 64.5 Å². The molecule has 0 heterocycles. The van der Waals surface area contributed by atoms with E-state index in [0.29, 0.717) is 13.1 Å². The molecule has 0 aliphatic rings.